The number of rotatable bonds is 10. The van der Waals surface area contributed by atoms with Gasteiger partial charge in [-0.25, -0.2) is 4.98 Å². The Morgan fingerprint density at radius 3 is 1.73 bits per heavy atom. The van der Waals surface area contributed by atoms with Gasteiger partial charge >= 0.3 is 0 Å². The summed E-state index contributed by atoms with van der Waals surface area (Å²) in [6.07, 6.45) is 1.89. The summed E-state index contributed by atoms with van der Waals surface area (Å²) >= 11 is 0. The Morgan fingerprint density at radius 2 is 1.13 bits per heavy atom. The van der Waals surface area contributed by atoms with Crippen molar-refractivity contribution in [2.24, 2.45) is 23.7 Å². The topological polar surface area (TPSA) is 50.9 Å². The fraction of sp³-hybridized carbons (Fsp3) is 0.393. The van der Waals surface area contributed by atoms with Crippen LogP contribution in [0, 0.1) is 23.7 Å². The second-order valence-electron chi connectivity index (χ2n) is 20.7. The summed E-state index contributed by atoms with van der Waals surface area (Å²) in [4.78, 5) is 10.5. The molecule has 0 atom stereocenters. The molecular formula is C56H67N3O. The standard InChI is InChI=1S/C56H67N3O/c1-33(2)49(34(3)4)40-30-46(50(35(5)6)36(7)8)53(60)47(31-40)54-58-52-44(21-16-22-48(52)59(54)43-25-23-41(24-26-43)55(9,10)11)37-18-15-19-38(28-37)45-32-42(56(12,13)14)29-39-20-17-27-57-51(39)45/h15-36,49-50,60H,1-14H3. The van der Waals surface area contributed by atoms with E-state index in [2.05, 4.69) is 199 Å². The number of hydrogen-bond donors (Lipinski definition) is 1. The molecule has 0 radical (unpaired) electrons. The molecule has 7 aromatic rings. The SMILES string of the molecule is CC(C)C(c1cc(-c2nc3c(-c4cccc(-c5cc(C(C)(C)C)cc6cccnc56)c4)cccc3n2-c2ccc(C(C)(C)C)cc2)c(O)c(C(C(C)C)C(C)C)c1)C(C)C. The van der Waals surface area contributed by atoms with Gasteiger partial charge in [-0.05, 0) is 128 Å². The Hall–Kier alpha value is -5.22. The molecule has 5 aromatic carbocycles. The van der Waals surface area contributed by atoms with Crippen molar-refractivity contribution in [2.45, 2.75) is 120 Å². The monoisotopic (exact) mass is 798 g/mol. The number of phenolic OH excluding ortho intramolecular Hbond substituents is 1. The van der Waals surface area contributed by atoms with Crippen LogP contribution in [-0.4, -0.2) is 19.6 Å². The fourth-order valence-electron chi connectivity index (χ4n) is 9.91. The van der Waals surface area contributed by atoms with Crippen molar-refractivity contribution in [1.29, 1.82) is 0 Å². The molecule has 0 saturated carbocycles. The average Bonchev–Trinajstić information content (AvgIpc) is 3.57. The highest BCUT2D eigenvalue weighted by atomic mass is 16.3. The molecule has 0 aliphatic heterocycles. The minimum Gasteiger partial charge on any atom is -0.507 e. The van der Waals surface area contributed by atoms with Gasteiger partial charge in [0.2, 0.25) is 0 Å². The van der Waals surface area contributed by atoms with Crippen LogP contribution in [0.2, 0.25) is 0 Å². The lowest BCUT2D eigenvalue weighted by Crippen LogP contribution is -2.17. The smallest absolute Gasteiger partial charge is 0.149 e. The molecule has 2 aromatic heterocycles. The number of nitrogens with zero attached hydrogens (tertiary/aromatic N) is 3. The van der Waals surface area contributed by atoms with Gasteiger partial charge < -0.3 is 5.11 Å². The Bertz CT molecular complexity index is 2630. The molecule has 312 valence electrons. The molecule has 4 nitrogen and oxygen atoms in total. The van der Waals surface area contributed by atoms with Crippen molar-refractivity contribution in [2.75, 3.05) is 0 Å². The molecular weight excluding hydrogens is 731 g/mol. The molecule has 4 heteroatoms. The lowest BCUT2D eigenvalue weighted by molar-refractivity contribution is 0.363. The van der Waals surface area contributed by atoms with E-state index in [0.717, 1.165) is 66.8 Å². The molecule has 0 amide bonds. The van der Waals surface area contributed by atoms with Gasteiger partial charge in [0.15, 0.2) is 0 Å². The second-order valence-corrected chi connectivity index (χ2v) is 20.7. The predicted octanol–water partition coefficient (Wildman–Crippen LogP) is 15.7. The minimum atomic E-state index is -0.0201. The number of aromatic hydroxyl groups is 1. The second kappa shape index (κ2) is 16.3. The number of para-hydroxylation sites is 1. The third-order valence-electron chi connectivity index (χ3n) is 12.8. The Labute approximate surface area is 360 Å². The van der Waals surface area contributed by atoms with Crippen molar-refractivity contribution < 1.29 is 5.11 Å². The van der Waals surface area contributed by atoms with Crippen LogP contribution in [0.1, 0.15) is 131 Å². The van der Waals surface area contributed by atoms with Crippen LogP contribution >= 0.6 is 0 Å². The van der Waals surface area contributed by atoms with Gasteiger partial charge in [0.05, 0.1) is 22.1 Å². The summed E-state index contributed by atoms with van der Waals surface area (Å²) in [7, 11) is 0. The maximum atomic E-state index is 12.7. The summed E-state index contributed by atoms with van der Waals surface area (Å²) < 4.78 is 2.28. The lowest BCUT2D eigenvalue weighted by atomic mass is 9.74. The first-order valence-corrected chi connectivity index (χ1v) is 22.3. The number of pyridine rings is 1. The lowest BCUT2D eigenvalue weighted by Gasteiger charge is -2.31. The van der Waals surface area contributed by atoms with E-state index in [0.29, 0.717) is 35.3 Å². The Morgan fingerprint density at radius 1 is 0.533 bits per heavy atom. The number of imidazole rings is 1. The van der Waals surface area contributed by atoms with E-state index in [1.807, 2.05) is 12.3 Å². The summed E-state index contributed by atoms with van der Waals surface area (Å²) in [5.74, 6) is 3.10. The van der Waals surface area contributed by atoms with Crippen LogP contribution < -0.4 is 0 Å². The van der Waals surface area contributed by atoms with Crippen LogP contribution in [0.25, 0.3) is 61.3 Å². The average molecular weight is 798 g/mol. The zero-order chi connectivity index (χ0) is 43.4. The Kier molecular flexibility index (Phi) is 11.7. The molecule has 0 aliphatic rings. The van der Waals surface area contributed by atoms with Crippen LogP contribution in [0.5, 0.6) is 5.75 Å². The van der Waals surface area contributed by atoms with Crippen LogP contribution in [0.15, 0.2) is 109 Å². The van der Waals surface area contributed by atoms with Gasteiger partial charge in [-0.3, -0.25) is 9.55 Å². The van der Waals surface area contributed by atoms with Gasteiger partial charge in [-0.15, -0.1) is 0 Å². The first-order valence-electron chi connectivity index (χ1n) is 22.3. The maximum Gasteiger partial charge on any atom is 0.149 e. The summed E-state index contributed by atoms with van der Waals surface area (Å²) in [6.45, 7) is 32.0. The molecule has 0 fully saturated rings. The number of aromatic nitrogens is 3. The molecule has 0 bridgehead atoms. The molecule has 1 N–H and O–H groups in total. The number of hydrogen-bond acceptors (Lipinski definition) is 3. The number of phenols is 1. The largest absolute Gasteiger partial charge is 0.507 e. The predicted molar refractivity (Wildman–Crippen MR) is 257 cm³/mol. The summed E-state index contributed by atoms with van der Waals surface area (Å²) in [6, 6.07) is 37.6. The molecule has 2 heterocycles. The van der Waals surface area contributed by atoms with Crippen LogP contribution in [-0.2, 0) is 10.8 Å². The van der Waals surface area contributed by atoms with E-state index in [9.17, 15) is 5.11 Å². The van der Waals surface area contributed by atoms with Gasteiger partial charge in [0, 0.05) is 28.4 Å². The third kappa shape index (κ3) is 8.15. The summed E-state index contributed by atoms with van der Waals surface area (Å²) in [5, 5.41) is 13.8. The first-order chi connectivity index (χ1) is 28.3. The molecule has 0 spiro atoms. The highest BCUT2D eigenvalue weighted by molar-refractivity contribution is 5.99. The van der Waals surface area contributed by atoms with E-state index >= 15 is 0 Å². The van der Waals surface area contributed by atoms with Gasteiger partial charge in [0.1, 0.15) is 11.6 Å². The van der Waals surface area contributed by atoms with Crippen molar-refractivity contribution in [3.05, 3.63) is 132 Å². The Balaban J connectivity index is 1.53. The fourth-order valence-corrected chi connectivity index (χ4v) is 9.91. The van der Waals surface area contributed by atoms with Gasteiger partial charge in [0.25, 0.3) is 0 Å². The van der Waals surface area contributed by atoms with Crippen molar-refractivity contribution in [1.82, 2.24) is 14.5 Å². The van der Waals surface area contributed by atoms with E-state index in [1.54, 1.807) is 0 Å². The van der Waals surface area contributed by atoms with E-state index in [-0.39, 0.29) is 16.7 Å². The molecule has 7 rings (SSSR count). The van der Waals surface area contributed by atoms with Crippen molar-refractivity contribution in [3.63, 3.8) is 0 Å². The molecule has 0 saturated heterocycles. The highest BCUT2D eigenvalue weighted by Gasteiger charge is 2.31. The van der Waals surface area contributed by atoms with Gasteiger partial charge in [-0.1, -0.05) is 152 Å². The van der Waals surface area contributed by atoms with Crippen molar-refractivity contribution >= 4 is 21.9 Å². The number of benzene rings is 5. The number of fused-ring (bicyclic) bond motifs is 2. The molecule has 60 heavy (non-hydrogen) atoms. The normalized spacial score (nSPS) is 12.8. The van der Waals surface area contributed by atoms with Crippen molar-refractivity contribution in [3.8, 4) is 45.1 Å². The highest BCUT2D eigenvalue weighted by Crippen LogP contribution is 2.47. The van der Waals surface area contributed by atoms with Crippen LogP contribution in [0.3, 0.4) is 0 Å². The van der Waals surface area contributed by atoms with E-state index in [4.69, 9.17) is 9.97 Å². The summed E-state index contributed by atoms with van der Waals surface area (Å²) in [5.41, 5.74) is 13.9. The van der Waals surface area contributed by atoms with E-state index < -0.39 is 0 Å². The molecule has 0 aliphatic carbocycles. The zero-order valence-electron chi connectivity index (χ0n) is 38.6. The first kappa shape index (κ1) is 42.9. The minimum absolute atomic E-state index is 0.0106. The zero-order valence-corrected chi connectivity index (χ0v) is 38.6. The quantitative estimate of drug-likeness (QED) is 0.150. The molecule has 0 unspecified atom stereocenters. The van der Waals surface area contributed by atoms with Gasteiger partial charge in [-0.2, -0.15) is 0 Å². The van der Waals surface area contributed by atoms with Crippen LogP contribution in [0.4, 0.5) is 0 Å². The van der Waals surface area contributed by atoms with E-state index in [1.165, 1.54) is 16.7 Å². The maximum absolute atomic E-state index is 12.7. The third-order valence-corrected chi connectivity index (χ3v) is 12.8.